The van der Waals surface area contributed by atoms with Gasteiger partial charge in [-0.1, -0.05) is 6.07 Å². The van der Waals surface area contributed by atoms with Crippen molar-refractivity contribution in [3.05, 3.63) is 28.8 Å². The van der Waals surface area contributed by atoms with Gasteiger partial charge in [0.15, 0.2) is 5.96 Å². The van der Waals surface area contributed by atoms with Crippen LogP contribution in [0.1, 0.15) is 36.0 Å². The first-order chi connectivity index (χ1) is 10.9. The van der Waals surface area contributed by atoms with Crippen LogP contribution >= 0.6 is 0 Å². The van der Waals surface area contributed by atoms with Crippen molar-refractivity contribution in [3.8, 4) is 5.75 Å². The van der Waals surface area contributed by atoms with Crippen molar-refractivity contribution in [1.82, 2.24) is 10.6 Å². The quantitative estimate of drug-likeness (QED) is 0.588. The lowest BCUT2D eigenvalue weighted by Gasteiger charge is -2.21. The zero-order chi connectivity index (χ0) is 16.9. The largest absolute Gasteiger partial charge is 0.508 e. The van der Waals surface area contributed by atoms with Crippen LogP contribution in [-0.2, 0) is 19.4 Å². The fourth-order valence-electron chi connectivity index (χ4n) is 2.80. The predicted octanol–water partition coefficient (Wildman–Crippen LogP) is 2.89. The highest BCUT2D eigenvalue weighted by Gasteiger charge is 2.26. The van der Waals surface area contributed by atoms with Crippen LogP contribution < -0.4 is 10.6 Å². The standard InChI is InChI=1S/C16H22F3N3O/c1-20-15(21-9-8-16(17,18)19)22-10-13-12-5-3-2-4-11(12)6-7-14(13)23/h6-7,23H,2-5,8-10H2,1H3,(H2,20,21,22). The maximum absolute atomic E-state index is 12.2. The molecule has 0 saturated carbocycles. The maximum Gasteiger partial charge on any atom is 0.390 e. The second-order valence-corrected chi connectivity index (χ2v) is 5.63. The van der Waals surface area contributed by atoms with E-state index in [2.05, 4.69) is 15.6 Å². The fourth-order valence-corrected chi connectivity index (χ4v) is 2.80. The highest BCUT2D eigenvalue weighted by atomic mass is 19.4. The van der Waals surface area contributed by atoms with Gasteiger partial charge in [0.2, 0.25) is 0 Å². The molecule has 0 heterocycles. The number of phenols is 1. The summed E-state index contributed by atoms with van der Waals surface area (Å²) in [4.78, 5) is 3.91. The van der Waals surface area contributed by atoms with Crippen LogP contribution in [0.5, 0.6) is 5.75 Å². The number of aliphatic imine (C=N–C) groups is 1. The number of rotatable bonds is 4. The Hall–Kier alpha value is -1.92. The van der Waals surface area contributed by atoms with E-state index < -0.39 is 12.6 Å². The molecule has 0 spiro atoms. The van der Waals surface area contributed by atoms with Crippen LogP contribution in [0.25, 0.3) is 0 Å². The van der Waals surface area contributed by atoms with Gasteiger partial charge in [-0.15, -0.1) is 0 Å². The molecule has 3 N–H and O–H groups in total. The second-order valence-electron chi connectivity index (χ2n) is 5.63. The molecule has 0 bridgehead atoms. The van der Waals surface area contributed by atoms with Crippen molar-refractivity contribution >= 4 is 5.96 Å². The van der Waals surface area contributed by atoms with Gasteiger partial charge in [0.25, 0.3) is 0 Å². The molecule has 0 unspecified atom stereocenters. The van der Waals surface area contributed by atoms with Crippen LogP contribution in [0.4, 0.5) is 13.2 Å². The Morgan fingerprint density at radius 1 is 1.22 bits per heavy atom. The van der Waals surface area contributed by atoms with E-state index in [1.165, 1.54) is 12.6 Å². The number of hydrogen-bond donors (Lipinski definition) is 3. The first kappa shape index (κ1) is 17.4. The molecular formula is C16H22F3N3O. The number of halogens is 3. The number of guanidine groups is 1. The van der Waals surface area contributed by atoms with Gasteiger partial charge in [0.05, 0.1) is 6.42 Å². The Labute approximate surface area is 133 Å². The summed E-state index contributed by atoms with van der Waals surface area (Å²) >= 11 is 0. The molecule has 1 aromatic rings. The van der Waals surface area contributed by atoms with Crippen molar-refractivity contribution in [3.63, 3.8) is 0 Å². The number of nitrogens with zero attached hydrogens (tertiary/aromatic N) is 1. The third kappa shape index (κ3) is 5.04. The molecular weight excluding hydrogens is 307 g/mol. The Bertz CT molecular complexity index is 570. The molecule has 0 atom stereocenters. The summed E-state index contributed by atoms with van der Waals surface area (Å²) in [6.45, 7) is 0.1000. The fraction of sp³-hybridized carbons (Fsp3) is 0.562. The lowest BCUT2D eigenvalue weighted by atomic mass is 9.88. The molecule has 0 radical (unpaired) electrons. The van der Waals surface area contributed by atoms with Crippen molar-refractivity contribution in [2.75, 3.05) is 13.6 Å². The van der Waals surface area contributed by atoms with Gasteiger partial charge in [-0.3, -0.25) is 4.99 Å². The Morgan fingerprint density at radius 2 is 1.96 bits per heavy atom. The smallest absolute Gasteiger partial charge is 0.390 e. The SMILES string of the molecule is CN=C(NCCC(F)(F)F)NCc1c(O)ccc2c1CCCC2. The van der Waals surface area contributed by atoms with E-state index in [9.17, 15) is 18.3 Å². The zero-order valence-electron chi connectivity index (χ0n) is 13.1. The number of hydrogen-bond acceptors (Lipinski definition) is 2. The van der Waals surface area contributed by atoms with Crippen molar-refractivity contribution in [2.45, 2.75) is 44.8 Å². The van der Waals surface area contributed by atoms with Gasteiger partial charge < -0.3 is 15.7 Å². The molecule has 1 aliphatic carbocycles. The van der Waals surface area contributed by atoms with E-state index in [1.54, 1.807) is 6.07 Å². The van der Waals surface area contributed by atoms with Gasteiger partial charge in [-0.05, 0) is 42.9 Å². The molecule has 1 aliphatic rings. The third-order valence-corrected chi connectivity index (χ3v) is 3.98. The van der Waals surface area contributed by atoms with E-state index in [-0.39, 0.29) is 12.3 Å². The minimum Gasteiger partial charge on any atom is -0.508 e. The van der Waals surface area contributed by atoms with Crippen molar-refractivity contribution in [2.24, 2.45) is 4.99 Å². The van der Waals surface area contributed by atoms with Crippen LogP contribution in [-0.4, -0.2) is 30.8 Å². The summed E-state index contributed by atoms with van der Waals surface area (Å²) in [5, 5.41) is 15.7. The maximum atomic E-state index is 12.2. The number of alkyl halides is 3. The number of fused-ring (bicyclic) bond motifs is 1. The summed E-state index contributed by atoms with van der Waals surface area (Å²) in [5.41, 5.74) is 3.20. The topological polar surface area (TPSA) is 56.7 Å². The molecule has 0 aliphatic heterocycles. The summed E-state index contributed by atoms with van der Waals surface area (Å²) in [5.74, 6) is 0.506. The first-order valence-corrected chi connectivity index (χ1v) is 7.74. The van der Waals surface area contributed by atoms with E-state index in [0.29, 0.717) is 12.5 Å². The molecule has 0 saturated heterocycles. The van der Waals surface area contributed by atoms with Gasteiger partial charge in [0.1, 0.15) is 5.75 Å². The lowest BCUT2D eigenvalue weighted by Crippen LogP contribution is -2.38. The van der Waals surface area contributed by atoms with Gasteiger partial charge in [-0.25, -0.2) is 0 Å². The number of phenolic OH excluding ortho intramolecular Hbond substituents is 1. The second kappa shape index (κ2) is 7.57. The first-order valence-electron chi connectivity index (χ1n) is 7.74. The van der Waals surface area contributed by atoms with Gasteiger partial charge >= 0.3 is 6.18 Å². The highest BCUT2D eigenvalue weighted by molar-refractivity contribution is 5.79. The molecule has 0 aromatic heterocycles. The summed E-state index contributed by atoms with van der Waals surface area (Å²) in [6, 6.07) is 3.63. The lowest BCUT2D eigenvalue weighted by molar-refractivity contribution is -0.132. The predicted molar refractivity (Wildman–Crippen MR) is 83.6 cm³/mol. The molecule has 1 aromatic carbocycles. The molecule has 7 heteroatoms. The Morgan fingerprint density at radius 3 is 2.65 bits per heavy atom. The molecule has 128 valence electrons. The number of nitrogens with one attached hydrogen (secondary N) is 2. The van der Waals surface area contributed by atoms with E-state index in [1.807, 2.05) is 6.07 Å². The normalized spacial score (nSPS) is 15.2. The van der Waals surface area contributed by atoms with E-state index >= 15 is 0 Å². The number of aromatic hydroxyl groups is 1. The average molecular weight is 329 g/mol. The Balaban J connectivity index is 1.97. The van der Waals surface area contributed by atoms with Crippen LogP contribution in [0, 0.1) is 0 Å². The van der Waals surface area contributed by atoms with Crippen molar-refractivity contribution < 1.29 is 18.3 Å². The molecule has 2 rings (SSSR count). The number of benzene rings is 1. The summed E-state index contributed by atoms with van der Waals surface area (Å²) in [7, 11) is 1.50. The molecule has 4 nitrogen and oxygen atoms in total. The summed E-state index contributed by atoms with van der Waals surface area (Å²) in [6.07, 6.45) is -0.961. The van der Waals surface area contributed by atoms with Gasteiger partial charge in [0, 0.05) is 25.7 Å². The minimum absolute atomic E-state index is 0.212. The minimum atomic E-state index is -4.19. The molecule has 0 amide bonds. The zero-order valence-corrected chi connectivity index (χ0v) is 13.1. The van der Waals surface area contributed by atoms with E-state index in [4.69, 9.17) is 0 Å². The average Bonchev–Trinajstić information content (AvgIpc) is 2.51. The van der Waals surface area contributed by atoms with Crippen LogP contribution in [0.2, 0.25) is 0 Å². The molecule has 0 fully saturated rings. The van der Waals surface area contributed by atoms with Crippen LogP contribution in [0.15, 0.2) is 17.1 Å². The number of aryl methyl sites for hydroxylation is 1. The highest BCUT2D eigenvalue weighted by Crippen LogP contribution is 2.30. The van der Waals surface area contributed by atoms with Gasteiger partial charge in [-0.2, -0.15) is 13.2 Å². The summed E-state index contributed by atoms with van der Waals surface area (Å²) < 4.78 is 36.5. The Kier molecular flexibility index (Phi) is 5.74. The van der Waals surface area contributed by atoms with E-state index in [0.717, 1.165) is 36.8 Å². The third-order valence-electron chi connectivity index (χ3n) is 3.98. The molecule has 23 heavy (non-hydrogen) atoms. The van der Waals surface area contributed by atoms with Crippen LogP contribution in [0.3, 0.4) is 0 Å². The monoisotopic (exact) mass is 329 g/mol. The van der Waals surface area contributed by atoms with Crippen molar-refractivity contribution in [1.29, 1.82) is 0 Å².